The van der Waals surface area contributed by atoms with Crippen molar-refractivity contribution in [2.75, 3.05) is 19.8 Å². The summed E-state index contributed by atoms with van der Waals surface area (Å²) >= 11 is 12.6. The zero-order valence-electron chi connectivity index (χ0n) is 14.7. The maximum atomic E-state index is 12.8. The number of carbonyl (C=O) groups is 1. The van der Waals surface area contributed by atoms with Crippen LogP contribution < -0.4 is 5.32 Å². The number of halogens is 2. The Morgan fingerprint density at radius 2 is 1.89 bits per heavy atom. The zero-order chi connectivity index (χ0) is 18.9. The molecule has 0 spiro atoms. The van der Waals surface area contributed by atoms with Crippen LogP contribution in [0.25, 0.3) is 10.9 Å². The first-order valence-corrected chi connectivity index (χ1v) is 9.73. The van der Waals surface area contributed by atoms with E-state index in [9.17, 15) is 4.79 Å². The van der Waals surface area contributed by atoms with Crippen molar-refractivity contribution in [3.63, 3.8) is 0 Å². The summed E-state index contributed by atoms with van der Waals surface area (Å²) in [6, 6.07) is 15.5. The molecule has 1 saturated heterocycles. The third kappa shape index (κ3) is 3.57. The van der Waals surface area contributed by atoms with E-state index < -0.39 is 0 Å². The van der Waals surface area contributed by atoms with Gasteiger partial charge < -0.3 is 15.0 Å². The molecule has 27 heavy (non-hydrogen) atoms. The third-order valence-electron chi connectivity index (χ3n) is 5.34. The van der Waals surface area contributed by atoms with Gasteiger partial charge in [-0.15, -0.1) is 0 Å². The fourth-order valence-electron chi connectivity index (χ4n) is 3.75. The number of aromatic nitrogens is 1. The van der Waals surface area contributed by atoms with Crippen LogP contribution >= 0.6 is 23.2 Å². The molecule has 0 atom stereocenters. The number of para-hydroxylation sites is 1. The summed E-state index contributed by atoms with van der Waals surface area (Å²) in [5, 5.41) is 5.07. The van der Waals surface area contributed by atoms with Gasteiger partial charge in [0, 0.05) is 41.1 Å². The summed E-state index contributed by atoms with van der Waals surface area (Å²) in [5.41, 5.74) is 2.17. The highest BCUT2D eigenvalue weighted by molar-refractivity contribution is 6.38. The molecule has 0 aliphatic carbocycles. The molecule has 0 unspecified atom stereocenters. The number of benzene rings is 2. The van der Waals surface area contributed by atoms with Crippen molar-refractivity contribution in [2.45, 2.75) is 18.3 Å². The Kier molecular flexibility index (Phi) is 5.13. The number of amides is 1. The molecular formula is C21H20Cl2N2O2. The number of carbonyl (C=O) groups excluding carboxylic acids is 1. The SMILES string of the molecule is O=C(NCC1(c2cccc(Cl)c2)CCOCC1)c1[nH]c2ccccc2c1Cl. The molecule has 1 aliphatic rings. The number of hydrogen-bond acceptors (Lipinski definition) is 2. The van der Waals surface area contributed by atoms with Crippen LogP contribution in [0.2, 0.25) is 10.0 Å². The Morgan fingerprint density at radius 1 is 1.11 bits per heavy atom. The number of aromatic amines is 1. The van der Waals surface area contributed by atoms with E-state index in [2.05, 4.69) is 16.4 Å². The van der Waals surface area contributed by atoms with E-state index in [1.165, 1.54) is 0 Å². The number of hydrogen-bond donors (Lipinski definition) is 2. The minimum absolute atomic E-state index is 0.197. The maximum absolute atomic E-state index is 12.8. The van der Waals surface area contributed by atoms with E-state index in [0.29, 0.717) is 35.5 Å². The zero-order valence-corrected chi connectivity index (χ0v) is 16.2. The molecule has 1 fully saturated rings. The summed E-state index contributed by atoms with van der Waals surface area (Å²) in [6.07, 6.45) is 1.65. The number of ether oxygens (including phenoxy) is 1. The fraction of sp³-hybridized carbons (Fsp3) is 0.286. The van der Waals surface area contributed by atoms with Crippen LogP contribution in [0.3, 0.4) is 0 Å². The van der Waals surface area contributed by atoms with E-state index in [-0.39, 0.29) is 11.3 Å². The summed E-state index contributed by atoms with van der Waals surface area (Å²) in [4.78, 5) is 16.0. The first kappa shape index (κ1) is 18.4. The lowest BCUT2D eigenvalue weighted by molar-refractivity contribution is 0.0487. The van der Waals surface area contributed by atoms with Crippen molar-refractivity contribution in [2.24, 2.45) is 0 Å². The summed E-state index contributed by atoms with van der Waals surface area (Å²) in [5.74, 6) is -0.205. The lowest BCUT2D eigenvalue weighted by Gasteiger charge is -2.38. The quantitative estimate of drug-likeness (QED) is 0.648. The summed E-state index contributed by atoms with van der Waals surface area (Å²) in [6.45, 7) is 1.83. The Balaban J connectivity index is 1.59. The molecule has 140 valence electrons. The average Bonchev–Trinajstić information content (AvgIpc) is 3.04. The van der Waals surface area contributed by atoms with E-state index in [1.54, 1.807) is 0 Å². The second-order valence-corrected chi connectivity index (χ2v) is 7.76. The maximum Gasteiger partial charge on any atom is 0.269 e. The van der Waals surface area contributed by atoms with Gasteiger partial charge in [0.05, 0.1) is 5.02 Å². The van der Waals surface area contributed by atoms with Crippen LogP contribution in [0.4, 0.5) is 0 Å². The van der Waals surface area contributed by atoms with Gasteiger partial charge in [-0.1, -0.05) is 53.5 Å². The highest BCUT2D eigenvalue weighted by atomic mass is 35.5. The molecular weight excluding hydrogens is 383 g/mol. The lowest BCUT2D eigenvalue weighted by atomic mass is 9.74. The highest BCUT2D eigenvalue weighted by Crippen LogP contribution is 2.35. The number of fused-ring (bicyclic) bond motifs is 1. The molecule has 0 bridgehead atoms. The van der Waals surface area contributed by atoms with Gasteiger partial charge in [0.25, 0.3) is 5.91 Å². The van der Waals surface area contributed by atoms with Crippen LogP contribution in [0, 0.1) is 0 Å². The van der Waals surface area contributed by atoms with Crippen LogP contribution in [-0.4, -0.2) is 30.6 Å². The Hall–Kier alpha value is -2.01. The number of H-pyrrole nitrogens is 1. The molecule has 2 aromatic carbocycles. The minimum Gasteiger partial charge on any atom is -0.381 e. The van der Waals surface area contributed by atoms with Crippen molar-refractivity contribution in [1.82, 2.24) is 10.3 Å². The van der Waals surface area contributed by atoms with Crippen LogP contribution in [0.1, 0.15) is 28.9 Å². The van der Waals surface area contributed by atoms with Gasteiger partial charge in [-0.3, -0.25) is 4.79 Å². The Bertz CT molecular complexity index is 977. The molecule has 2 heterocycles. The van der Waals surface area contributed by atoms with Crippen molar-refractivity contribution in [1.29, 1.82) is 0 Å². The molecule has 3 aromatic rings. The normalized spacial score (nSPS) is 16.4. The highest BCUT2D eigenvalue weighted by Gasteiger charge is 2.35. The molecule has 1 aliphatic heterocycles. The minimum atomic E-state index is -0.205. The standard InChI is InChI=1S/C21H20Cl2N2O2/c22-15-5-3-4-14(12-15)21(8-10-27-11-9-21)13-24-20(26)19-18(23)16-6-1-2-7-17(16)25-19/h1-7,12,25H,8-11,13H2,(H,24,26). The fourth-order valence-corrected chi connectivity index (χ4v) is 4.24. The monoisotopic (exact) mass is 402 g/mol. The number of rotatable bonds is 4. The molecule has 4 rings (SSSR count). The van der Waals surface area contributed by atoms with Crippen molar-refractivity contribution in [3.8, 4) is 0 Å². The topological polar surface area (TPSA) is 54.1 Å². The predicted molar refractivity (Wildman–Crippen MR) is 109 cm³/mol. The third-order valence-corrected chi connectivity index (χ3v) is 5.97. The van der Waals surface area contributed by atoms with E-state index in [1.807, 2.05) is 42.5 Å². The van der Waals surface area contributed by atoms with E-state index in [4.69, 9.17) is 27.9 Å². The first-order valence-electron chi connectivity index (χ1n) is 8.97. The molecule has 6 heteroatoms. The van der Waals surface area contributed by atoms with Gasteiger partial charge in [0.2, 0.25) is 0 Å². The van der Waals surface area contributed by atoms with E-state index in [0.717, 1.165) is 29.3 Å². The summed E-state index contributed by atoms with van der Waals surface area (Å²) < 4.78 is 5.55. The number of nitrogens with one attached hydrogen (secondary N) is 2. The molecule has 2 N–H and O–H groups in total. The van der Waals surface area contributed by atoms with Crippen molar-refractivity contribution >= 4 is 40.0 Å². The van der Waals surface area contributed by atoms with Gasteiger partial charge in [-0.2, -0.15) is 0 Å². The van der Waals surface area contributed by atoms with Crippen LogP contribution in [0.5, 0.6) is 0 Å². The second-order valence-electron chi connectivity index (χ2n) is 6.95. The predicted octanol–water partition coefficient (Wildman–Crippen LogP) is 4.95. The molecule has 1 amide bonds. The summed E-state index contributed by atoms with van der Waals surface area (Å²) in [7, 11) is 0. The van der Waals surface area contributed by atoms with Gasteiger partial charge >= 0.3 is 0 Å². The molecule has 1 aromatic heterocycles. The van der Waals surface area contributed by atoms with Crippen LogP contribution in [-0.2, 0) is 10.2 Å². The molecule has 4 nitrogen and oxygen atoms in total. The van der Waals surface area contributed by atoms with Crippen molar-refractivity contribution in [3.05, 3.63) is 69.8 Å². The first-order chi connectivity index (χ1) is 13.1. The molecule has 0 saturated carbocycles. The van der Waals surface area contributed by atoms with Gasteiger partial charge in [-0.25, -0.2) is 0 Å². The lowest BCUT2D eigenvalue weighted by Crippen LogP contribution is -2.44. The second kappa shape index (κ2) is 7.55. The average molecular weight is 403 g/mol. The van der Waals surface area contributed by atoms with E-state index >= 15 is 0 Å². The Morgan fingerprint density at radius 3 is 2.63 bits per heavy atom. The van der Waals surface area contributed by atoms with Crippen molar-refractivity contribution < 1.29 is 9.53 Å². The molecule has 0 radical (unpaired) electrons. The largest absolute Gasteiger partial charge is 0.381 e. The van der Waals surface area contributed by atoms with Gasteiger partial charge in [0.15, 0.2) is 0 Å². The van der Waals surface area contributed by atoms with Crippen LogP contribution in [0.15, 0.2) is 48.5 Å². The van der Waals surface area contributed by atoms with Gasteiger partial charge in [0.1, 0.15) is 5.69 Å². The van der Waals surface area contributed by atoms with Gasteiger partial charge in [-0.05, 0) is 36.6 Å². The smallest absolute Gasteiger partial charge is 0.269 e. The Labute approximate surface area is 167 Å².